The maximum Gasteiger partial charge on any atom is 0.247 e. The Morgan fingerprint density at radius 2 is 2.50 bits per heavy atom. The minimum absolute atomic E-state index is 0.00694. The molecule has 58 valence electrons. The topological polar surface area (TPSA) is 29.5 Å². The van der Waals surface area contributed by atoms with Gasteiger partial charge in [0, 0.05) is 12.3 Å². The van der Waals surface area contributed by atoms with E-state index in [1.54, 1.807) is 0 Å². The fraction of sp³-hybridized carbons (Fsp3) is 0.833. The molecule has 0 atom stereocenters. The second kappa shape index (κ2) is 3.78. The molecule has 1 aliphatic rings. The number of nitrogens with zero attached hydrogens (tertiary/aromatic N) is 1. The molecule has 0 spiro atoms. The van der Waals surface area contributed by atoms with Gasteiger partial charge in [0.25, 0.3) is 0 Å². The van der Waals surface area contributed by atoms with Gasteiger partial charge in [0.05, 0.1) is 13.2 Å². The molecule has 10 heavy (non-hydrogen) atoms. The molecule has 4 heteroatoms. The van der Waals surface area contributed by atoms with Crippen LogP contribution in [-0.4, -0.2) is 30.0 Å². The van der Waals surface area contributed by atoms with E-state index in [4.69, 9.17) is 16.4 Å². The van der Waals surface area contributed by atoms with Crippen LogP contribution in [0, 0.1) is 0 Å². The maximum absolute atomic E-state index is 11.0. The number of hydrogen-bond acceptors (Lipinski definition) is 2. The molecule has 1 rings (SSSR count). The van der Waals surface area contributed by atoms with E-state index >= 15 is 0 Å². The predicted octanol–water partition coefficient (Wildman–Crippen LogP) is 0.779. The average Bonchev–Trinajstić information content (AvgIpc) is 2.38. The molecular weight excluding hydrogens is 154 g/mol. The van der Waals surface area contributed by atoms with Crippen LogP contribution in [0.3, 0.4) is 0 Å². The first-order chi connectivity index (χ1) is 4.84. The Labute approximate surface area is 64.9 Å². The molecule has 3 nitrogen and oxygen atoms in total. The molecule has 1 heterocycles. The Morgan fingerprint density at radius 1 is 1.70 bits per heavy atom. The number of rotatable bonds is 2. The lowest BCUT2D eigenvalue weighted by atomic mass is 10.4. The first kappa shape index (κ1) is 7.82. The van der Waals surface area contributed by atoms with Crippen LogP contribution >= 0.6 is 11.6 Å². The standard InChI is InChI=1S/C6H10ClNO2/c7-3-2-6(9)8-4-1-5-10-8/h1-5H2. The highest BCUT2D eigenvalue weighted by Crippen LogP contribution is 2.06. The van der Waals surface area contributed by atoms with Crippen LogP contribution in [0.4, 0.5) is 0 Å². The van der Waals surface area contributed by atoms with E-state index in [1.807, 2.05) is 0 Å². The van der Waals surface area contributed by atoms with Crippen molar-refractivity contribution in [2.24, 2.45) is 0 Å². The zero-order valence-corrected chi connectivity index (χ0v) is 6.43. The van der Waals surface area contributed by atoms with E-state index in [-0.39, 0.29) is 5.91 Å². The largest absolute Gasteiger partial charge is 0.273 e. The lowest BCUT2D eigenvalue weighted by Crippen LogP contribution is -2.26. The lowest BCUT2D eigenvalue weighted by Gasteiger charge is -2.11. The molecule has 0 bridgehead atoms. The monoisotopic (exact) mass is 163 g/mol. The van der Waals surface area contributed by atoms with Gasteiger partial charge in [0.2, 0.25) is 5.91 Å². The molecule has 0 aliphatic carbocycles. The van der Waals surface area contributed by atoms with Crippen molar-refractivity contribution in [2.75, 3.05) is 19.0 Å². The van der Waals surface area contributed by atoms with Crippen LogP contribution in [0.2, 0.25) is 0 Å². The molecule has 1 fully saturated rings. The summed E-state index contributed by atoms with van der Waals surface area (Å²) in [6, 6.07) is 0. The molecule has 1 aliphatic heterocycles. The Kier molecular flexibility index (Phi) is 2.96. The zero-order chi connectivity index (χ0) is 7.40. The van der Waals surface area contributed by atoms with Crippen LogP contribution in [-0.2, 0) is 9.63 Å². The Hall–Kier alpha value is -0.280. The third-order valence-corrected chi connectivity index (χ3v) is 1.53. The van der Waals surface area contributed by atoms with Gasteiger partial charge in [-0.15, -0.1) is 11.6 Å². The van der Waals surface area contributed by atoms with E-state index in [0.29, 0.717) is 18.9 Å². The molecule has 0 aromatic heterocycles. The third kappa shape index (κ3) is 1.85. The third-order valence-electron chi connectivity index (χ3n) is 1.34. The number of hydroxylamine groups is 2. The lowest BCUT2D eigenvalue weighted by molar-refractivity contribution is -0.168. The summed E-state index contributed by atoms with van der Waals surface area (Å²) in [5.41, 5.74) is 0. The van der Waals surface area contributed by atoms with Crippen molar-refractivity contribution in [1.82, 2.24) is 5.06 Å². The first-order valence-corrected chi connectivity index (χ1v) is 3.87. The van der Waals surface area contributed by atoms with Gasteiger partial charge in [-0.2, -0.15) is 0 Å². The molecule has 0 N–H and O–H groups in total. The summed E-state index contributed by atoms with van der Waals surface area (Å²) in [6.07, 6.45) is 1.32. The number of carbonyl (C=O) groups is 1. The number of halogens is 1. The SMILES string of the molecule is O=C(CCCl)N1CCCO1. The van der Waals surface area contributed by atoms with Crippen LogP contribution in [0.15, 0.2) is 0 Å². The van der Waals surface area contributed by atoms with Crippen molar-refractivity contribution >= 4 is 17.5 Å². The molecule has 1 amide bonds. The zero-order valence-electron chi connectivity index (χ0n) is 5.68. The summed E-state index contributed by atoms with van der Waals surface area (Å²) >= 11 is 5.37. The highest BCUT2D eigenvalue weighted by Gasteiger charge is 2.17. The van der Waals surface area contributed by atoms with Crippen molar-refractivity contribution in [3.63, 3.8) is 0 Å². The van der Waals surface area contributed by atoms with E-state index in [1.165, 1.54) is 5.06 Å². The molecule has 0 saturated carbocycles. The molecule has 0 aromatic carbocycles. The van der Waals surface area contributed by atoms with Gasteiger partial charge in [0.15, 0.2) is 0 Å². The van der Waals surface area contributed by atoms with Crippen molar-refractivity contribution in [3.8, 4) is 0 Å². The van der Waals surface area contributed by atoms with Crippen molar-refractivity contribution < 1.29 is 9.63 Å². The predicted molar refractivity (Wildman–Crippen MR) is 37.6 cm³/mol. The Balaban J connectivity index is 2.25. The number of amides is 1. The number of hydrogen-bond donors (Lipinski definition) is 0. The minimum Gasteiger partial charge on any atom is -0.273 e. The fourth-order valence-corrected chi connectivity index (χ4v) is 1.01. The highest BCUT2D eigenvalue weighted by atomic mass is 35.5. The van der Waals surface area contributed by atoms with Crippen LogP contribution < -0.4 is 0 Å². The van der Waals surface area contributed by atoms with Gasteiger partial charge in [0.1, 0.15) is 0 Å². The molecule has 0 radical (unpaired) electrons. The second-order valence-corrected chi connectivity index (χ2v) is 2.50. The second-order valence-electron chi connectivity index (χ2n) is 2.12. The quantitative estimate of drug-likeness (QED) is 0.563. The van der Waals surface area contributed by atoms with Crippen LogP contribution in [0.1, 0.15) is 12.8 Å². The number of alkyl halides is 1. The van der Waals surface area contributed by atoms with E-state index < -0.39 is 0 Å². The summed E-state index contributed by atoms with van der Waals surface area (Å²) < 4.78 is 0. The summed E-state index contributed by atoms with van der Waals surface area (Å²) in [4.78, 5) is 16.0. The van der Waals surface area contributed by atoms with E-state index in [0.717, 1.165) is 13.0 Å². The minimum atomic E-state index is -0.00694. The van der Waals surface area contributed by atoms with Crippen molar-refractivity contribution in [2.45, 2.75) is 12.8 Å². The maximum atomic E-state index is 11.0. The summed E-state index contributed by atoms with van der Waals surface area (Å²) in [5.74, 6) is 0.367. The van der Waals surface area contributed by atoms with Gasteiger partial charge in [-0.05, 0) is 6.42 Å². The average molecular weight is 164 g/mol. The molecule has 1 saturated heterocycles. The molecule has 0 unspecified atom stereocenters. The van der Waals surface area contributed by atoms with Gasteiger partial charge in [-0.25, -0.2) is 5.06 Å². The van der Waals surface area contributed by atoms with Crippen LogP contribution in [0.25, 0.3) is 0 Å². The highest BCUT2D eigenvalue weighted by molar-refractivity contribution is 6.18. The first-order valence-electron chi connectivity index (χ1n) is 3.34. The summed E-state index contributed by atoms with van der Waals surface area (Å²) in [6.45, 7) is 1.38. The smallest absolute Gasteiger partial charge is 0.247 e. The Morgan fingerprint density at radius 3 is 3.00 bits per heavy atom. The Bertz CT molecular complexity index is 123. The number of carbonyl (C=O) groups excluding carboxylic acids is 1. The van der Waals surface area contributed by atoms with Gasteiger partial charge in [-0.1, -0.05) is 0 Å². The van der Waals surface area contributed by atoms with Crippen molar-refractivity contribution in [1.29, 1.82) is 0 Å². The van der Waals surface area contributed by atoms with E-state index in [9.17, 15) is 4.79 Å². The van der Waals surface area contributed by atoms with Crippen LogP contribution in [0.5, 0.6) is 0 Å². The van der Waals surface area contributed by atoms with Gasteiger partial charge in [-0.3, -0.25) is 9.63 Å². The van der Waals surface area contributed by atoms with Gasteiger partial charge >= 0.3 is 0 Å². The van der Waals surface area contributed by atoms with Crippen molar-refractivity contribution in [3.05, 3.63) is 0 Å². The summed E-state index contributed by atoms with van der Waals surface area (Å²) in [7, 11) is 0. The normalized spacial score (nSPS) is 17.9. The molecule has 0 aromatic rings. The summed E-state index contributed by atoms with van der Waals surface area (Å²) in [5, 5.41) is 1.39. The van der Waals surface area contributed by atoms with E-state index in [2.05, 4.69) is 0 Å². The van der Waals surface area contributed by atoms with Gasteiger partial charge < -0.3 is 0 Å². The fourth-order valence-electron chi connectivity index (χ4n) is 0.850. The molecular formula is C6H10ClNO2.